The summed E-state index contributed by atoms with van der Waals surface area (Å²) in [6, 6.07) is 34.7. The molecule has 0 aliphatic heterocycles. The molecule has 6 heterocycles. The third-order valence-electron chi connectivity index (χ3n) is 12.2. The van der Waals surface area contributed by atoms with Gasteiger partial charge in [-0.05, 0) is 133 Å². The molecule has 0 aliphatic carbocycles. The van der Waals surface area contributed by atoms with Gasteiger partial charge in [0.15, 0.2) is 22.9 Å². The summed E-state index contributed by atoms with van der Waals surface area (Å²) in [5, 5.41) is 8.49. The number of Topliss-reactive ketones (excluding diaryl/α,β-unsaturated/α-hetero) is 2. The van der Waals surface area contributed by atoms with Gasteiger partial charge in [-0.25, -0.2) is 37.7 Å². The predicted molar refractivity (Wildman–Crippen MR) is 276 cm³/mol. The molecule has 0 aliphatic rings. The summed E-state index contributed by atoms with van der Waals surface area (Å²) in [7, 11) is 0. The lowest BCUT2D eigenvalue weighted by atomic mass is 9.97. The Morgan fingerprint density at radius 1 is 0.579 bits per heavy atom. The Morgan fingerprint density at radius 2 is 1.21 bits per heavy atom. The molecular formula is C59H41F5N10O2. The van der Waals surface area contributed by atoms with E-state index in [1.165, 1.54) is 18.5 Å². The van der Waals surface area contributed by atoms with Crippen molar-refractivity contribution in [2.75, 3.05) is 0 Å². The van der Waals surface area contributed by atoms with Crippen molar-refractivity contribution in [2.24, 2.45) is 0 Å². The number of ketones is 2. The van der Waals surface area contributed by atoms with Crippen LogP contribution in [0.3, 0.4) is 0 Å². The number of nitrogens with zero attached hydrogens (tertiary/aromatic N) is 10. The number of carbonyl (C=O) groups is 2. The average Bonchev–Trinajstić information content (AvgIpc) is 4.24. The van der Waals surface area contributed by atoms with Crippen LogP contribution in [-0.4, -0.2) is 59.9 Å². The first-order chi connectivity index (χ1) is 36.5. The Balaban J connectivity index is 0.000000174. The van der Waals surface area contributed by atoms with Gasteiger partial charge in [0.2, 0.25) is 0 Å². The van der Waals surface area contributed by atoms with Crippen molar-refractivity contribution in [1.29, 1.82) is 0 Å². The van der Waals surface area contributed by atoms with Crippen LogP contribution < -0.4 is 0 Å². The summed E-state index contributed by atoms with van der Waals surface area (Å²) < 4.78 is 76.4. The highest BCUT2D eigenvalue weighted by Gasteiger charge is 2.32. The third-order valence-corrected chi connectivity index (χ3v) is 12.2. The number of benzene rings is 5. The fourth-order valence-electron chi connectivity index (χ4n) is 8.36. The van der Waals surface area contributed by atoms with E-state index in [-0.39, 0.29) is 41.2 Å². The van der Waals surface area contributed by atoms with E-state index in [9.17, 15) is 31.5 Å². The Hall–Kier alpha value is -9.87. The summed E-state index contributed by atoms with van der Waals surface area (Å²) in [4.78, 5) is 43.4. The van der Waals surface area contributed by atoms with Gasteiger partial charge in [-0.3, -0.25) is 14.2 Å². The first-order valence-corrected chi connectivity index (χ1v) is 23.6. The molecule has 76 heavy (non-hydrogen) atoms. The first-order valence-electron chi connectivity index (χ1n) is 23.6. The van der Waals surface area contributed by atoms with Crippen molar-refractivity contribution >= 4 is 33.9 Å². The van der Waals surface area contributed by atoms with Gasteiger partial charge in [0, 0.05) is 77.5 Å². The number of aryl methyl sites for hydroxylation is 2. The number of fused-ring (bicyclic) bond motifs is 3. The van der Waals surface area contributed by atoms with Gasteiger partial charge in [0.05, 0.1) is 41.0 Å². The summed E-state index contributed by atoms with van der Waals surface area (Å²) in [6.45, 7) is 4.54. The third kappa shape index (κ3) is 11.0. The second-order valence-electron chi connectivity index (χ2n) is 17.9. The number of aromatic nitrogens is 10. The van der Waals surface area contributed by atoms with E-state index in [0.717, 1.165) is 30.3 Å². The lowest BCUT2D eigenvalue weighted by molar-refractivity contribution is -0.137. The van der Waals surface area contributed by atoms with Crippen LogP contribution >= 0.6 is 0 Å². The number of hydrogen-bond donors (Lipinski definition) is 0. The van der Waals surface area contributed by atoms with E-state index in [0.29, 0.717) is 67.2 Å². The van der Waals surface area contributed by atoms with Crippen molar-refractivity contribution < 1.29 is 31.5 Å². The zero-order valence-corrected chi connectivity index (χ0v) is 40.8. The number of imidazole rings is 4. The monoisotopic (exact) mass is 1020 g/mol. The molecule has 17 heteroatoms. The molecule has 0 unspecified atom stereocenters. The fourth-order valence-corrected chi connectivity index (χ4v) is 8.36. The molecule has 0 fully saturated rings. The average molecular weight is 1020 g/mol. The molecule has 11 rings (SSSR count). The SMILES string of the molecule is Cc1ccc(C(=O)Cc2cc(-n3cnc4ccccc43)cc(C(F)(F)F)c2)cc1C#Cc1cnc2cccnn12.Cc1cn(-c2cc(CC(=O)c3cccc(C#Cc4cnc5cccnn45)c3)cc(C(C)(F)F)c2)cn1. The summed E-state index contributed by atoms with van der Waals surface area (Å²) in [5.41, 5.74) is 8.17. The number of carbonyl (C=O) groups excluding carboxylic acids is 2. The van der Waals surface area contributed by atoms with Crippen LogP contribution in [0.15, 0.2) is 171 Å². The molecule has 6 aromatic heterocycles. The smallest absolute Gasteiger partial charge is 0.306 e. The molecule has 374 valence electrons. The van der Waals surface area contributed by atoms with Gasteiger partial charge in [-0.2, -0.15) is 23.4 Å². The highest BCUT2D eigenvalue weighted by atomic mass is 19.4. The highest BCUT2D eigenvalue weighted by molar-refractivity contribution is 5.98. The molecule has 0 saturated carbocycles. The van der Waals surface area contributed by atoms with Crippen molar-refractivity contribution in [3.8, 4) is 35.1 Å². The largest absolute Gasteiger partial charge is 0.416 e. The summed E-state index contributed by atoms with van der Waals surface area (Å²) in [6.07, 6.45) is 6.53. The molecule has 12 nitrogen and oxygen atoms in total. The van der Waals surface area contributed by atoms with Gasteiger partial charge in [-0.15, -0.1) is 0 Å². The summed E-state index contributed by atoms with van der Waals surface area (Å²) >= 11 is 0. The zero-order chi connectivity index (χ0) is 53.1. The minimum atomic E-state index is -4.58. The Morgan fingerprint density at radius 3 is 1.87 bits per heavy atom. The molecule has 0 N–H and O–H groups in total. The van der Waals surface area contributed by atoms with Crippen LogP contribution in [0.4, 0.5) is 22.0 Å². The second-order valence-corrected chi connectivity index (χ2v) is 17.9. The molecule has 0 atom stereocenters. The highest BCUT2D eigenvalue weighted by Crippen LogP contribution is 2.34. The molecular weight excluding hydrogens is 976 g/mol. The van der Waals surface area contributed by atoms with Crippen LogP contribution in [0.5, 0.6) is 0 Å². The van der Waals surface area contributed by atoms with Gasteiger partial charge >= 0.3 is 6.18 Å². The minimum Gasteiger partial charge on any atom is -0.306 e. The van der Waals surface area contributed by atoms with Crippen molar-refractivity contribution in [1.82, 2.24) is 48.3 Å². The van der Waals surface area contributed by atoms with E-state index in [4.69, 9.17) is 0 Å². The Kier molecular flexibility index (Phi) is 13.4. The van der Waals surface area contributed by atoms with E-state index >= 15 is 0 Å². The maximum atomic E-state index is 14.2. The van der Waals surface area contributed by atoms with E-state index < -0.39 is 17.7 Å². The zero-order valence-electron chi connectivity index (χ0n) is 40.8. The molecule has 0 spiro atoms. The van der Waals surface area contributed by atoms with E-state index in [1.54, 1.807) is 140 Å². The maximum Gasteiger partial charge on any atom is 0.416 e. The van der Waals surface area contributed by atoms with E-state index in [1.807, 2.05) is 32.0 Å². The summed E-state index contributed by atoms with van der Waals surface area (Å²) in [5.74, 6) is 8.64. The molecule has 0 saturated heterocycles. The number of halogens is 5. The van der Waals surface area contributed by atoms with Gasteiger partial charge < -0.3 is 4.57 Å². The van der Waals surface area contributed by atoms with Gasteiger partial charge in [0.1, 0.15) is 17.7 Å². The quantitative estimate of drug-likeness (QED) is 0.0794. The van der Waals surface area contributed by atoms with E-state index in [2.05, 4.69) is 53.8 Å². The fraction of sp³-hybridized carbons (Fsp3) is 0.119. The van der Waals surface area contributed by atoms with Crippen LogP contribution in [0.1, 0.15) is 83.7 Å². The first kappa shape index (κ1) is 49.7. The van der Waals surface area contributed by atoms with Crippen molar-refractivity contribution in [3.05, 3.63) is 238 Å². The van der Waals surface area contributed by atoms with Crippen molar-refractivity contribution in [2.45, 2.75) is 45.7 Å². The van der Waals surface area contributed by atoms with Crippen LogP contribution in [-0.2, 0) is 24.9 Å². The number of alkyl halides is 5. The molecule has 11 aromatic rings. The Labute approximate surface area is 431 Å². The molecule has 5 aromatic carbocycles. The number of hydrogen-bond acceptors (Lipinski definition) is 8. The molecule has 0 amide bonds. The topological polar surface area (TPSA) is 130 Å². The van der Waals surface area contributed by atoms with Gasteiger partial charge in [0.25, 0.3) is 5.92 Å². The van der Waals surface area contributed by atoms with Crippen LogP contribution in [0.25, 0.3) is 33.7 Å². The second kappa shape index (κ2) is 20.6. The molecule has 0 radical (unpaired) electrons. The van der Waals surface area contributed by atoms with Crippen molar-refractivity contribution in [3.63, 3.8) is 0 Å². The number of para-hydroxylation sites is 2. The standard InChI is InChI=1S/C31H20F3N5O.C28H21F2N5O/c1-20-8-9-23(16-22(20)10-11-25-18-35-30-7-4-12-37-39(25)30)29(40)15-21-13-24(31(32,33)34)17-26(14-21)38-19-36-27-5-2-3-6-28(27)38;1-19-17-34(18-32-19)25-13-21(12-23(15-25)28(2,29)30)14-26(36)22-6-3-5-20(11-22)8-9-24-16-31-27-7-4-10-33-35(24)27/h2-9,12-14,16-19H,15H2,1H3;3-7,10-13,15-18H,14H2,1-2H3. The minimum absolute atomic E-state index is 0.0291. The molecule has 0 bridgehead atoms. The van der Waals surface area contributed by atoms with Crippen LogP contribution in [0.2, 0.25) is 0 Å². The predicted octanol–water partition coefficient (Wildman–Crippen LogP) is 11.4. The van der Waals surface area contributed by atoms with Crippen LogP contribution in [0, 0.1) is 37.5 Å². The van der Waals surface area contributed by atoms with Gasteiger partial charge in [-0.1, -0.05) is 48.2 Å². The lowest BCUT2D eigenvalue weighted by Crippen LogP contribution is -2.11. The normalized spacial score (nSPS) is 11.4. The lowest BCUT2D eigenvalue weighted by Gasteiger charge is -2.15. The maximum absolute atomic E-state index is 14.2. The number of rotatable bonds is 9. The Bertz CT molecular complexity index is 4160.